The fourth-order valence-electron chi connectivity index (χ4n) is 1.32. The number of nitrogens with zero attached hydrogens (tertiary/aromatic N) is 2. The molecule has 0 saturated heterocycles. The summed E-state index contributed by atoms with van der Waals surface area (Å²) in [6, 6.07) is 2.77. The van der Waals surface area contributed by atoms with Crippen molar-refractivity contribution in [1.82, 2.24) is 4.98 Å². The number of carbonyl (C=O) groups is 1. The maximum absolute atomic E-state index is 12.6. The van der Waals surface area contributed by atoms with Gasteiger partial charge in [-0.1, -0.05) is 0 Å². The third-order valence-corrected chi connectivity index (χ3v) is 2.23. The molecule has 0 bridgehead atoms. The molecule has 0 aliphatic heterocycles. The molecule has 1 aromatic rings. The first-order chi connectivity index (χ1) is 7.99. The van der Waals surface area contributed by atoms with Gasteiger partial charge in [0.2, 0.25) is 0 Å². The van der Waals surface area contributed by atoms with Crippen molar-refractivity contribution in [3.05, 3.63) is 28.6 Å². The van der Waals surface area contributed by atoms with Gasteiger partial charge in [-0.3, -0.25) is 4.79 Å². The molecule has 0 aliphatic rings. The van der Waals surface area contributed by atoms with Crippen LogP contribution in [0.25, 0.3) is 0 Å². The number of aromatic nitrogens is 1. The number of carbonyl (C=O) groups excluding carboxylic acids is 1. The second-order valence-electron chi connectivity index (χ2n) is 3.36. The Labute approximate surface area is 96.8 Å². The normalized spacial score (nSPS) is 10.1. The highest BCUT2D eigenvalue weighted by Crippen LogP contribution is 2.23. The highest BCUT2D eigenvalue weighted by molar-refractivity contribution is 5.72. The maximum Gasteiger partial charge on any atom is 0.311 e. The molecule has 1 heterocycles. The van der Waals surface area contributed by atoms with Crippen LogP contribution in [0, 0.1) is 18.3 Å². The molecule has 0 N–H and O–H groups in total. The summed E-state index contributed by atoms with van der Waals surface area (Å²) < 4.78 is 29.6. The first-order valence-corrected chi connectivity index (χ1v) is 4.75. The Balaban J connectivity index is 3.19. The second-order valence-corrected chi connectivity index (χ2v) is 3.36. The predicted octanol–water partition coefficient (Wildman–Crippen LogP) is 1.91. The van der Waals surface area contributed by atoms with Gasteiger partial charge in [0.15, 0.2) is 0 Å². The zero-order valence-electron chi connectivity index (χ0n) is 9.33. The molecule has 1 rings (SSSR count). The predicted molar refractivity (Wildman–Crippen MR) is 54.4 cm³/mol. The lowest BCUT2D eigenvalue weighted by Crippen LogP contribution is -2.10. The van der Waals surface area contributed by atoms with Gasteiger partial charge in [-0.25, -0.2) is 13.8 Å². The van der Waals surface area contributed by atoms with Crippen LogP contribution in [0.4, 0.5) is 8.78 Å². The van der Waals surface area contributed by atoms with Crippen LogP contribution in [0.1, 0.15) is 28.9 Å². The van der Waals surface area contributed by atoms with E-state index in [1.165, 1.54) is 13.2 Å². The number of ether oxygens (including phenoxy) is 1. The molecule has 0 aliphatic carbocycles. The standard InChI is InChI=1S/C11H10F2N2O2/c1-6-3-7(11(12)13)9(5-14)15-8(6)4-10(16)17-2/h3,11H,4H2,1-2H3. The zero-order valence-corrected chi connectivity index (χ0v) is 9.33. The lowest BCUT2D eigenvalue weighted by molar-refractivity contribution is -0.139. The van der Waals surface area contributed by atoms with Gasteiger partial charge in [0, 0.05) is 0 Å². The van der Waals surface area contributed by atoms with Crippen molar-refractivity contribution in [3.63, 3.8) is 0 Å². The van der Waals surface area contributed by atoms with Crippen LogP contribution < -0.4 is 0 Å². The topological polar surface area (TPSA) is 63.0 Å². The molecule has 90 valence electrons. The van der Waals surface area contributed by atoms with Crippen LogP contribution in [-0.4, -0.2) is 18.1 Å². The van der Waals surface area contributed by atoms with E-state index >= 15 is 0 Å². The largest absolute Gasteiger partial charge is 0.469 e. The number of hydrogen-bond donors (Lipinski definition) is 0. The summed E-state index contributed by atoms with van der Waals surface area (Å²) >= 11 is 0. The van der Waals surface area contributed by atoms with E-state index in [0.29, 0.717) is 5.56 Å². The van der Waals surface area contributed by atoms with E-state index in [-0.39, 0.29) is 17.8 Å². The molecule has 0 unspecified atom stereocenters. The first kappa shape index (κ1) is 13.0. The van der Waals surface area contributed by atoms with E-state index in [4.69, 9.17) is 5.26 Å². The minimum atomic E-state index is -2.76. The van der Waals surface area contributed by atoms with E-state index < -0.39 is 18.0 Å². The molecule has 0 amide bonds. The van der Waals surface area contributed by atoms with Crippen LogP contribution in [0.3, 0.4) is 0 Å². The van der Waals surface area contributed by atoms with Crippen LogP contribution in [0.5, 0.6) is 0 Å². The number of alkyl halides is 2. The van der Waals surface area contributed by atoms with E-state index in [1.807, 2.05) is 0 Å². The lowest BCUT2D eigenvalue weighted by Gasteiger charge is -2.08. The lowest BCUT2D eigenvalue weighted by atomic mass is 10.1. The van der Waals surface area contributed by atoms with Crippen molar-refractivity contribution in [2.75, 3.05) is 7.11 Å². The number of rotatable bonds is 3. The van der Waals surface area contributed by atoms with Gasteiger partial charge >= 0.3 is 5.97 Å². The maximum atomic E-state index is 12.6. The molecule has 0 saturated carbocycles. The van der Waals surface area contributed by atoms with Gasteiger partial charge < -0.3 is 4.74 Å². The number of hydrogen-bond acceptors (Lipinski definition) is 4. The van der Waals surface area contributed by atoms with E-state index in [2.05, 4.69) is 9.72 Å². The van der Waals surface area contributed by atoms with Crippen LogP contribution >= 0.6 is 0 Å². The molecule has 0 aromatic carbocycles. The van der Waals surface area contributed by atoms with E-state index in [9.17, 15) is 13.6 Å². The molecule has 4 nitrogen and oxygen atoms in total. The van der Waals surface area contributed by atoms with Crippen molar-refractivity contribution < 1.29 is 18.3 Å². The van der Waals surface area contributed by atoms with Crippen molar-refractivity contribution in [2.24, 2.45) is 0 Å². The van der Waals surface area contributed by atoms with Crippen molar-refractivity contribution in [1.29, 1.82) is 5.26 Å². The quantitative estimate of drug-likeness (QED) is 0.757. The number of esters is 1. The van der Waals surface area contributed by atoms with Gasteiger partial charge in [-0.15, -0.1) is 0 Å². The summed E-state index contributed by atoms with van der Waals surface area (Å²) in [5, 5.41) is 8.71. The molecule has 0 atom stereocenters. The van der Waals surface area contributed by atoms with E-state index in [1.54, 1.807) is 13.0 Å². The van der Waals surface area contributed by atoms with E-state index in [0.717, 1.165) is 0 Å². The van der Waals surface area contributed by atoms with Gasteiger partial charge in [0.05, 0.1) is 24.8 Å². The highest BCUT2D eigenvalue weighted by atomic mass is 19.3. The smallest absolute Gasteiger partial charge is 0.311 e. The fraction of sp³-hybridized carbons (Fsp3) is 0.364. The average Bonchev–Trinajstić information content (AvgIpc) is 2.30. The summed E-state index contributed by atoms with van der Waals surface area (Å²) in [6.45, 7) is 1.55. The third-order valence-electron chi connectivity index (χ3n) is 2.23. The summed E-state index contributed by atoms with van der Waals surface area (Å²) in [7, 11) is 1.22. The number of methoxy groups -OCH3 is 1. The summed E-state index contributed by atoms with van der Waals surface area (Å²) in [4.78, 5) is 14.8. The summed E-state index contributed by atoms with van der Waals surface area (Å²) in [5.74, 6) is -0.533. The van der Waals surface area contributed by atoms with Gasteiger partial charge in [0.1, 0.15) is 11.8 Å². The Morgan fingerprint density at radius 1 is 1.65 bits per heavy atom. The molecular formula is C11H10F2N2O2. The molecule has 0 fully saturated rings. The van der Waals surface area contributed by atoms with Crippen LogP contribution in [0.15, 0.2) is 6.07 Å². The zero-order chi connectivity index (χ0) is 13.0. The number of pyridine rings is 1. The Bertz CT molecular complexity index is 481. The highest BCUT2D eigenvalue weighted by Gasteiger charge is 2.18. The Morgan fingerprint density at radius 3 is 2.76 bits per heavy atom. The average molecular weight is 240 g/mol. The minimum absolute atomic E-state index is 0.138. The monoisotopic (exact) mass is 240 g/mol. The molecular weight excluding hydrogens is 230 g/mol. The van der Waals surface area contributed by atoms with Crippen molar-refractivity contribution in [2.45, 2.75) is 19.8 Å². The van der Waals surface area contributed by atoms with Crippen LogP contribution in [-0.2, 0) is 16.0 Å². The Hall–Kier alpha value is -2.03. The van der Waals surface area contributed by atoms with Crippen molar-refractivity contribution >= 4 is 5.97 Å². The fourth-order valence-corrected chi connectivity index (χ4v) is 1.32. The molecule has 17 heavy (non-hydrogen) atoms. The third kappa shape index (κ3) is 2.97. The number of aryl methyl sites for hydroxylation is 1. The first-order valence-electron chi connectivity index (χ1n) is 4.75. The molecule has 1 aromatic heterocycles. The molecule has 0 spiro atoms. The van der Waals surface area contributed by atoms with Gasteiger partial charge in [0.25, 0.3) is 6.43 Å². The SMILES string of the molecule is COC(=O)Cc1nc(C#N)c(C(F)F)cc1C. The van der Waals surface area contributed by atoms with Crippen LogP contribution in [0.2, 0.25) is 0 Å². The van der Waals surface area contributed by atoms with Gasteiger partial charge in [-0.05, 0) is 18.6 Å². The molecule has 6 heteroatoms. The minimum Gasteiger partial charge on any atom is -0.469 e. The Morgan fingerprint density at radius 2 is 2.29 bits per heavy atom. The number of halogens is 2. The van der Waals surface area contributed by atoms with Gasteiger partial charge in [-0.2, -0.15) is 5.26 Å². The summed E-state index contributed by atoms with van der Waals surface area (Å²) in [5.41, 5.74) is -0.0642. The Kier molecular flexibility index (Phi) is 4.10. The van der Waals surface area contributed by atoms with Crippen molar-refractivity contribution in [3.8, 4) is 6.07 Å². The molecule has 0 radical (unpaired) electrons. The summed E-state index contributed by atoms with van der Waals surface area (Å²) in [6.07, 6.45) is -2.90. The second kappa shape index (κ2) is 5.34. The number of nitriles is 1.